The Morgan fingerprint density at radius 3 is 1.98 bits per heavy atom. The highest BCUT2D eigenvalue weighted by Gasteiger charge is 2.59. The third kappa shape index (κ3) is 6.82. The molecule has 2 bridgehead atoms. The van der Waals surface area contributed by atoms with E-state index in [4.69, 9.17) is 24.8 Å². The Kier molecular flexibility index (Phi) is 8.94. The van der Waals surface area contributed by atoms with Gasteiger partial charge in [-0.3, -0.25) is 14.2 Å². The Hall–Kier alpha value is -4.17. The average Bonchev–Trinajstić information content (AvgIpc) is 3.54. The Morgan fingerprint density at radius 2 is 1.50 bits per heavy atom. The zero-order valence-corrected chi connectivity index (χ0v) is 22.6. The van der Waals surface area contributed by atoms with E-state index in [1.807, 2.05) is 40.9 Å². The molecule has 3 N–H and O–H groups in total. The number of hydrogen-bond acceptors (Lipinski definition) is 5. The van der Waals surface area contributed by atoms with E-state index < -0.39 is 24.3 Å². The van der Waals surface area contributed by atoms with Crippen LogP contribution in [0, 0.1) is 16.7 Å². The summed E-state index contributed by atoms with van der Waals surface area (Å²) in [4.78, 5) is 40.0. The minimum atomic E-state index is -5.08. The second-order valence-corrected chi connectivity index (χ2v) is 10.9. The van der Waals surface area contributed by atoms with Crippen molar-refractivity contribution in [2.45, 2.75) is 58.4 Å². The van der Waals surface area contributed by atoms with Gasteiger partial charge in [-0.15, -0.1) is 0 Å². The molecule has 2 saturated carbocycles. The molecule has 15 heteroatoms. The normalized spacial score (nSPS) is 22.4. The lowest BCUT2D eigenvalue weighted by Gasteiger charge is -2.42. The lowest BCUT2D eigenvalue weighted by Crippen LogP contribution is -2.52. The van der Waals surface area contributed by atoms with Crippen LogP contribution in [0.15, 0.2) is 48.9 Å². The van der Waals surface area contributed by atoms with Gasteiger partial charge in [0.1, 0.15) is 0 Å². The zero-order valence-electron chi connectivity index (χ0n) is 22.6. The number of hydrogen-bond donors (Lipinski definition) is 3. The maximum Gasteiger partial charge on any atom is 0.490 e. The van der Waals surface area contributed by atoms with Crippen LogP contribution in [0.1, 0.15) is 50.7 Å². The van der Waals surface area contributed by atoms with E-state index in [0.717, 1.165) is 16.8 Å². The van der Waals surface area contributed by atoms with Crippen molar-refractivity contribution in [1.29, 1.82) is 0 Å². The number of fused-ring (bicyclic) bond motifs is 3. The summed E-state index contributed by atoms with van der Waals surface area (Å²) in [6, 6.07) is 9.94. The Morgan fingerprint density at radius 1 is 0.952 bits per heavy atom. The number of amides is 1. The molecule has 3 aromatic rings. The van der Waals surface area contributed by atoms with Gasteiger partial charge in [-0.1, -0.05) is 26.8 Å². The second kappa shape index (κ2) is 11.6. The number of halogens is 6. The summed E-state index contributed by atoms with van der Waals surface area (Å²) in [5.74, 6) is -4.47. The molecule has 0 aliphatic heterocycles. The molecule has 2 aliphatic carbocycles. The lowest BCUT2D eigenvalue weighted by atomic mass is 9.68. The summed E-state index contributed by atoms with van der Waals surface area (Å²) in [5.41, 5.74) is 3.00. The van der Waals surface area contributed by atoms with Gasteiger partial charge in [0.15, 0.2) is 0 Å². The minimum Gasteiger partial charge on any atom is -0.475 e. The standard InChI is InChI=1S/C23H26N4O.2C2HF3O2/c1-22(2)16-7-10-23(3,14-16)21(22)26-20(28)19-25-18(15-8-11-24-12-9-15)17-6-4-5-13-27(17)19;2*3-2(4,5)1(6)7/h4-6,8-9,11-13,16,21H,7,10,14H2,1-3H3,(H,26,28);2*(H,6,7)/t16-,21+,23+;;/m1../s1. The van der Waals surface area contributed by atoms with Crippen LogP contribution in [-0.2, 0) is 9.59 Å². The van der Waals surface area contributed by atoms with Crippen LogP contribution < -0.4 is 5.32 Å². The molecule has 3 heterocycles. The summed E-state index contributed by atoms with van der Waals surface area (Å²) in [6.07, 6.45) is -1.08. The van der Waals surface area contributed by atoms with Crippen molar-refractivity contribution in [1.82, 2.24) is 19.7 Å². The molecule has 5 rings (SSSR count). The monoisotopic (exact) mass is 602 g/mol. The summed E-state index contributed by atoms with van der Waals surface area (Å²) in [5, 5.41) is 17.6. The van der Waals surface area contributed by atoms with Crippen molar-refractivity contribution in [3.05, 3.63) is 54.7 Å². The SMILES string of the molecule is CC1(C)[C@@H]2CC[C@@](C)(C2)[C@H]1NC(=O)c1nc(-c2ccncc2)c2ccccn12.O=C(O)C(F)(F)F.O=C(O)C(F)(F)F. The molecule has 3 aromatic heterocycles. The van der Waals surface area contributed by atoms with Crippen LogP contribution in [0.5, 0.6) is 0 Å². The van der Waals surface area contributed by atoms with Gasteiger partial charge in [0.2, 0.25) is 5.82 Å². The lowest BCUT2D eigenvalue weighted by molar-refractivity contribution is -0.193. The number of rotatable bonds is 3. The molecule has 228 valence electrons. The minimum absolute atomic E-state index is 0.0895. The first kappa shape index (κ1) is 32.3. The molecule has 0 aromatic carbocycles. The van der Waals surface area contributed by atoms with E-state index in [1.165, 1.54) is 19.3 Å². The van der Waals surface area contributed by atoms with Crippen molar-refractivity contribution in [2.24, 2.45) is 16.7 Å². The number of alkyl halides is 6. The van der Waals surface area contributed by atoms with E-state index in [9.17, 15) is 31.1 Å². The molecule has 0 saturated heterocycles. The van der Waals surface area contributed by atoms with Crippen molar-refractivity contribution >= 4 is 23.4 Å². The number of nitrogens with zero attached hydrogens (tertiary/aromatic N) is 3. The third-order valence-corrected chi connectivity index (χ3v) is 7.74. The molecule has 9 nitrogen and oxygen atoms in total. The van der Waals surface area contributed by atoms with Crippen LogP contribution in [-0.4, -0.2) is 60.8 Å². The van der Waals surface area contributed by atoms with Gasteiger partial charge in [-0.25, -0.2) is 14.6 Å². The van der Waals surface area contributed by atoms with Crippen LogP contribution in [0.2, 0.25) is 0 Å². The molecular weight excluding hydrogens is 574 g/mol. The maximum absolute atomic E-state index is 13.4. The first-order chi connectivity index (χ1) is 19.3. The summed E-state index contributed by atoms with van der Waals surface area (Å²) >= 11 is 0. The van der Waals surface area contributed by atoms with Crippen LogP contribution >= 0.6 is 0 Å². The van der Waals surface area contributed by atoms with E-state index >= 15 is 0 Å². The highest BCUT2D eigenvalue weighted by molar-refractivity contribution is 5.95. The second-order valence-electron chi connectivity index (χ2n) is 10.9. The topological polar surface area (TPSA) is 134 Å². The average molecular weight is 603 g/mol. The van der Waals surface area contributed by atoms with Crippen LogP contribution in [0.25, 0.3) is 16.8 Å². The smallest absolute Gasteiger partial charge is 0.475 e. The Labute approximate surface area is 235 Å². The highest BCUT2D eigenvalue weighted by atomic mass is 19.4. The molecule has 2 aliphatic rings. The molecule has 0 unspecified atom stereocenters. The summed E-state index contributed by atoms with van der Waals surface area (Å²) < 4.78 is 65.4. The van der Waals surface area contributed by atoms with Crippen LogP contribution in [0.3, 0.4) is 0 Å². The van der Waals surface area contributed by atoms with Gasteiger partial charge in [0, 0.05) is 30.2 Å². The number of imidazole rings is 1. The number of aromatic nitrogens is 3. The Bertz CT molecular complexity index is 1430. The van der Waals surface area contributed by atoms with E-state index in [1.54, 1.807) is 12.4 Å². The zero-order chi connectivity index (χ0) is 31.7. The maximum atomic E-state index is 13.4. The molecule has 0 radical (unpaired) electrons. The van der Waals surface area contributed by atoms with Crippen molar-refractivity contribution in [3.8, 4) is 11.3 Å². The van der Waals surface area contributed by atoms with Crippen molar-refractivity contribution < 1.29 is 50.9 Å². The fourth-order valence-electron chi connectivity index (χ4n) is 5.78. The van der Waals surface area contributed by atoms with E-state index in [2.05, 4.69) is 31.1 Å². The number of carbonyl (C=O) groups is 3. The fourth-order valence-corrected chi connectivity index (χ4v) is 5.78. The van der Waals surface area contributed by atoms with Gasteiger partial charge >= 0.3 is 24.3 Å². The molecule has 0 spiro atoms. The van der Waals surface area contributed by atoms with E-state index in [-0.39, 0.29) is 22.8 Å². The van der Waals surface area contributed by atoms with Crippen LogP contribution in [0.4, 0.5) is 26.3 Å². The van der Waals surface area contributed by atoms with Crippen molar-refractivity contribution in [3.63, 3.8) is 0 Å². The third-order valence-electron chi connectivity index (χ3n) is 7.74. The largest absolute Gasteiger partial charge is 0.490 e. The molecule has 42 heavy (non-hydrogen) atoms. The van der Waals surface area contributed by atoms with Gasteiger partial charge in [-0.2, -0.15) is 26.3 Å². The molecular formula is C27H28F6N4O5. The van der Waals surface area contributed by atoms with Gasteiger partial charge in [0.05, 0.1) is 11.2 Å². The summed E-state index contributed by atoms with van der Waals surface area (Å²) in [7, 11) is 0. The Balaban J connectivity index is 0.000000289. The number of carboxylic acid groups (broad SMARTS) is 2. The number of pyridine rings is 2. The molecule has 2 fully saturated rings. The van der Waals surface area contributed by atoms with E-state index in [0.29, 0.717) is 11.7 Å². The fraction of sp³-hybridized carbons (Fsp3) is 0.444. The van der Waals surface area contributed by atoms with Gasteiger partial charge in [0.25, 0.3) is 5.91 Å². The molecule has 1 amide bonds. The number of carbonyl (C=O) groups excluding carboxylic acids is 1. The first-order valence-electron chi connectivity index (χ1n) is 12.6. The number of nitrogens with one attached hydrogen (secondary N) is 1. The first-order valence-corrected chi connectivity index (χ1v) is 12.6. The predicted molar refractivity (Wildman–Crippen MR) is 136 cm³/mol. The predicted octanol–water partition coefficient (Wildman–Crippen LogP) is 5.61. The highest BCUT2D eigenvalue weighted by Crippen LogP contribution is 2.62. The number of aliphatic carboxylic acids is 2. The molecule has 3 atom stereocenters. The number of carboxylic acids is 2. The van der Waals surface area contributed by atoms with Crippen molar-refractivity contribution in [2.75, 3.05) is 0 Å². The van der Waals surface area contributed by atoms with Gasteiger partial charge in [-0.05, 0) is 60.3 Å². The summed E-state index contributed by atoms with van der Waals surface area (Å²) in [6.45, 7) is 6.94. The quantitative estimate of drug-likeness (QED) is 0.332. The van der Waals surface area contributed by atoms with Gasteiger partial charge < -0.3 is 15.5 Å².